The van der Waals surface area contributed by atoms with Gasteiger partial charge in [0.05, 0.1) is 6.04 Å². The first-order chi connectivity index (χ1) is 12.2. The zero-order valence-electron chi connectivity index (χ0n) is 14.3. The maximum absolute atomic E-state index is 12.9. The third-order valence-corrected chi connectivity index (χ3v) is 4.97. The fraction of sp³-hybridized carbons (Fsp3) is 0.526. The Kier molecular flexibility index (Phi) is 5.68. The summed E-state index contributed by atoms with van der Waals surface area (Å²) in [5, 5.41) is 0. The topological polar surface area (TPSA) is 66.9 Å². The number of likely N-dealkylation sites (tertiary alicyclic amines) is 2. The third kappa shape index (κ3) is 4.00. The zero-order chi connectivity index (χ0) is 17.6. The molecular weight excluding hydrogens is 320 g/mol. The summed E-state index contributed by atoms with van der Waals surface area (Å²) in [7, 11) is 0. The number of hydrogen-bond acceptors (Lipinski definition) is 4. The van der Waals surface area contributed by atoms with Crippen molar-refractivity contribution in [1.82, 2.24) is 9.80 Å². The number of ether oxygens (including phenoxy) is 1. The van der Waals surface area contributed by atoms with E-state index in [0.29, 0.717) is 25.9 Å². The molecule has 134 valence electrons. The van der Waals surface area contributed by atoms with Crippen LogP contribution in [0.1, 0.15) is 37.7 Å². The second-order valence-corrected chi connectivity index (χ2v) is 6.62. The molecule has 0 aromatic heterocycles. The van der Waals surface area contributed by atoms with Gasteiger partial charge in [-0.15, -0.1) is 0 Å². The van der Waals surface area contributed by atoms with E-state index in [4.69, 9.17) is 4.74 Å². The lowest BCUT2D eigenvalue weighted by Gasteiger charge is -2.36. The molecule has 0 aliphatic carbocycles. The predicted octanol–water partition coefficient (Wildman–Crippen LogP) is 2.37. The molecule has 2 amide bonds. The number of amides is 2. The van der Waals surface area contributed by atoms with Crippen molar-refractivity contribution in [2.24, 2.45) is 0 Å². The molecule has 6 heteroatoms. The van der Waals surface area contributed by atoms with E-state index in [1.54, 1.807) is 4.90 Å². The molecule has 0 bridgehead atoms. The van der Waals surface area contributed by atoms with Gasteiger partial charge in [-0.2, -0.15) is 0 Å². The Hall–Kier alpha value is -2.37. The monoisotopic (exact) mass is 344 g/mol. The fourth-order valence-corrected chi connectivity index (χ4v) is 3.61. The molecule has 2 atom stereocenters. The van der Waals surface area contributed by atoms with E-state index in [2.05, 4.69) is 0 Å². The highest BCUT2D eigenvalue weighted by molar-refractivity contribution is 5.88. The highest BCUT2D eigenvalue weighted by atomic mass is 16.6. The van der Waals surface area contributed by atoms with Crippen LogP contribution in [0, 0.1) is 0 Å². The average molecular weight is 344 g/mol. The van der Waals surface area contributed by atoms with Crippen molar-refractivity contribution >= 4 is 18.3 Å². The molecule has 2 aliphatic rings. The molecule has 0 N–H and O–H groups in total. The molecule has 0 saturated carbocycles. The summed E-state index contributed by atoms with van der Waals surface area (Å²) < 4.78 is 5.41. The normalized spacial score (nSPS) is 23.4. The second kappa shape index (κ2) is 8.14. The maximum atomic E-state index is 12.9. The van der Waals surface area contributed by atoms with Crippen LogP contribution in [-0.4, -0.2) is 53.3 Å². The van der Waals surface area contributed by atoms with Gasteiger partial charge >= 0.3 is 6.09 Å². The summed E-state index contributed by atoms with van der Waals surface area (Å²) in [4.78, 5) is 39.7. The average Bonchev–Trinajstić information content (AvgIpc) is 3.15. The zero-order valence-corrected chi connectivity index (χ0v) is 14.3. The first kappa shape index (κ1) is 17.5. The summed E-state index contributed by atoms with van der Waals surface area (Å²) in [5.41, 5.74) is 0.913. The van der Waals surface area contributed by atoms with E-state index < -0.39 is 12.1 Å². The van der Waals surface area contributed by atoms with Crippen LogP contribution in [0.3, 0.4) is 0 Å². The van der Waals surface area contributed by atoms with Gasteiger partial charge in [0, 0.05) is 13.1 Å². The predicted molar refractivity (Wildman–Crippen MR) is 91.8 cm³/mol. The largest absolute Gasteiger partial charge is 0.445 e. The number of hydrogen-bond donors (Lipinski definition) is 0. The number of carbonyl (C=O) groups is 3. The number of benzene rings is 1. The molecule has 25 heavy (non-hydrogen) atoms. The molecule has 1 aromatic rings. The number of carbonyl (C=O) groups excluding carboxylic acids is 3. The molecule has 2 unspecified atom stereocenters. The minimum Gasteiger partial charge on any atom is -0.445 e. The lowest BCUT2D eigenvalue weighted by molar-refractivity contribution is -0.140. The van der Waals surface area contributed by atoms with Gasteiger partial charge in [0.1, 0.15) is 18.9 Å². The van der Waals surface area contributed by atoms with Gasteiger partial charge in [-0.3, -0.25) is 9.69 Å². The Morgan fingerprint density at radius 1 is 1.04 bits per heavy atom. The third-order valence-electron chi connectivity index (χ3n) is 4.97. The minimum absolute atomic E-state index is 0.119. The smallest absolute Gasteiger partial charge is 0.410 e. The van der Waals surface area contributed by atoms with Crippen molar-refractivity contribution in [1.29, 1.82) is 0 Å². The second-order valence-electron chi connectivity index (χ2n) is 6.62. The maximum Gasteiger partial charge on any atom is 0.410 e. The molecule has 3 rings (SSSR count). The molecule has 2 aliphatic heterocycles. The van der Waals surface area contributed by atoms with Gasteiger partial charge in [0.25, 0.3) is 0 Å². The first-order valence-electron chi connectivity index (χ1n) is 8.94. The Labute approximate surface area is 147 Å². The summed E-state index contributed by atoms with van der Waals surface area (Å²) in [6.45, 7) is 1.30. The molecule has 0 spiro atoms. The van der Waals surface area contributed by atoms with Crippen LogP contribution in [0.2, 0.25) is 0 Å². The van der Waals surface area contributed by atoms with E-state index >= 15 is 0 Å². The standard InChI is InChI=1S/C19H24N2O4/c22-13-16-9-6-12-20(16)18(23)17-10-4-5-11-21(17)19(24)25-14-15-7-2-1-3-8-15/h1-3,7-8,13,16-17H,4-6,9-12,14H2. The SMILES string of the molecule is O=CC1CCCN1C(=O)C1CCCCN1C(=O)OCc1ccccc1. The van der Waals surface area contributed by atoms with Crippen molar-refractivity contribution < 1.29 is 19.1 Å². The lowest BCUT2D eigenvalue weighted by Crippen LogP contribution is -2.54. The van der Waals surface area contributed by atoms with Crippen molar-refractivity contribution in [3.05, 3.63) is 35.9 Å². The van der Waals surface area contributed by atoms with Crippen molar-refractivity contribution in [3.8, 4) is 0 Å². The fourth-order valence-electron chi connectivity index (χ4n) is 3.61. The molecule has 2 saturated heterocycles. The number of rotatable bonds is 4. The van der Waals surface area contributed by atoms with Crippen molar-refractivity contribution in [2.45, 2.75) is 50.8 Å². The Balaban J connectivity index is 1.64. The van der Waals surface area contributed by atoms with Crippen LogP contribution >= 0.6 is 0 Å². The molecule has 2 fully saturated rings. The molecular formula is C19H24N2O4. The van der Waals surface area contributed by atoms with Crippen molar-refractivity contribution in [3.63, 3.8) is 0 Å². The summed E-state index contributed by atoms with van der Waals surface area (Å²) in [6.07, 6.45) is 4.32. The van der Waals surface area contributed by atoms with E-state index in [1.807, 2.05) is 30.3 Å². The lowest BCUT2D eigenvalue weighted by atomic mass is 10.0. The van der Waals surface area contributed by atoms with E-state index in [9.17, 15) is 14.4 Å². The summed E-state index contributed by atoms with van der Waals surface area (Å²) >= 11 is 0. The van der Waals surface area contributed by atoms with Gasteiger partial charge in [0.15, 0.2) is 0 Å². The highest BCUT2D eigenvalue weighted by Gasteiger charge is 2.39. The first-order valence-corrected chi connectivity index (χ1v) is 8.94. The van der Waals surface area contributed by atoms with Gasteiger partial charge in [-0.1, -0.05) is 30.3 Å². The quantitative estimate of drug-likeness (QED) is 0.787. The van der Waals surface area contributed by atoms with Gasteiger partial charge in [-0.05, 0) is 37.7 Å². The molecule has 2 heterocycles. The number of piperidine rings is 1. The van der Waals surface area contributed by atoms with E-state index in [1.165, 1.54) is 4.90 Å². The molecule has 0 radical (unpaired) electrons. The van der Waals surface area contributed by atoms with Gasteiger partial charge in [-0.25, -0.2) is 4.79 Å². The van der Waals surface area contributed by atoms with Gasteiger partial charge < -0.3 is 14.4 Å². The number of aldehydes is 1. The van der Waals surface area contributed by atoms with Crippen LogP contribution in [0.5, 0.6) is 0 Å². The van der Waals surface area contributed by atoms with Crippen LogP contribution in [0.4, 0.5) is 4.79 Å². The molecule has 6 nitrogen and oxygen atoms in total. The van der Waals surface area contributed by atoms with Gasteiger partial charge in [0.2, 0.25) is 5.91 Å². The van der Waals surface area contributed by atoms with Crippen molar-refractivity contribution in [2.75, 3.05) is 13.1 Å². The van der Waals surface area contributed by atoms with Crippen LogP contribution in [0.15, 0.2) is 30.3 Å². The Morgan fingerprint density at radius 3 is 2.56 bits per heavy atom. The Bertz CT molecular complexity index is 619. The van der Waals surface area contributed by atoms with Crippen LogP contribution in [0.25, 0.3) is 0 Å². The van der Waals surface area contributed by atoms with Crippen LogP contribution < -0.4 is 0 Å². The Morgan fingerprint density at radius 2 is 1.80 bits per heavy atom. The minimum atomic E-state index is -0.516. The van der Waals surface area contributed by atoms with Crippen LogP contribution in [-0.2, 0) is 20.9 Å². The number of nitrogens with zero attached hydrogens (tertiary/aromatic N) is 2. The summed E-state index contributed by atoms with van der Waals surface area (Å²) in [5.74, 6) is -0.119. The molecule has 1 aromatic carbocycles. The summed E-state index contributed by atoms with van der Waals surface area (Å²) in [6, 6.07) is 8.61. The van der Waals surface area contributed by atoms with E-state index in [0.717, 1.165) is 31.1 Å². The highest BCUT2D eigenvalue weighted by Crippen LogP contribution is 2.24. The van der Waals surface area contributed by atoms with E-state index in [-0.39, 0.29) is 18.6 Å².